The molecule has 0 radical (unpaired) electrons. The summed E-state index contributed by atoms with van der Waals surface area (Å²) in [6.07, 6.45) is -0.401. The average molecular weight is 544 g/mol. The van der Waals surface area contributed by atoms with Crippen molar-refractivity contribution >= 4 is 23.9 Å². The molecular weight excluding hydrogens is 506 g/mol. The number of rotatable bonds is 16. The number of amides is 2. The Morgan fingerprint density at radius 1 is 0.846 bits per heavy atom. The molecule has 0 saturated heterocycles. The number of benzene rings is 2. The zero-order valence-electron chi connectivity index (χ0n) is 22.4. The van der Waals surface area contributed by atoms with Gasteiger partial charge in [-0.3, -0.25) is 14.9 Å². The predicted molar refractivity (Wildman–Crippen MR) is 143 cm³/mol. The van der Waals surface area contributed by atoms with Crippen molar-refractivity contribution in [1.29, 1.82) is 0 Å². The summed E-state index contributed by atoms with van der Waals surface area (Å²) < 4.78 is 10.2. The number of ether oxygens (including phenoxy) is 2. The highest BCUT2D eigenvalue weighted by atomic mass is 16.5. The third kappa shape index (κ3) is 11.4. The lowest BCUT2D eigenvalue weighted by molar-refractivity contribution is -0.143. The minimum atomic E-state index is -1.22. The number of carboxylic acids is 2. The molecule has 0 aromatic heterocycles. The Morgan fingerprint density at radius 3 is 2.05 bits per heavy atom. The lowest BCUT2D eigenvalue weighted by Crippen LogP contribution is -2.55. The summed E-state index contributed by atoms with van der Waals surface area (Å²) >= 11 is 0. The van der Waals surface area contributed by atoms with Crippen LogP contribution in [0.4, 0.5) is 4.79 Å². The van der Waals surface area contributed by atoms with E-state index < -0.39 is 42.1 Å². The number of hydrogen-bond acceptors (Lipinski definition) is 7. The molecule has 11 heteroatoms. The van der Waals surface area contributed by atoms with Gasteiger partial charge in [0.2, 0.25) is 5.91 Å². The highest BCUT2D eigenvalue weighted by Gasteiger charge is 2.30. The summed E-state index contributed by atoms with van der Waals surface area (Å²) in [5.41, 5.74) is 1.50. The SMILES string of the molecule is COc1ccc(C[C@H](NC(=O)[C@H](CC(C)C)NC(CCNC(=O)OCc2ccccc2)C(=O)O)C(=O)O)cc1. The van der Waals surface area contributed by atoms with Crippen LogP contribution in [0.25, 0.3) is 0 Å². The third-order valence-corrected chi connectivity index (χ3v) is 5.85. The molecule has 0 bridgehead atoms. The van der Waals surface area contributed by atoms with Gasteiger partial charge in [0.25, 0.3) is 0 Å². The van der Waals surface area contributed by atoms with Crippen LogP contribution in [0.15, 0.2) is 54.6 Å². The molecule has 5 N–H and O–H groups in total. The standard InChI is InChI=1S/C28H37N3O8/c1-18(2)15-23(25(32)31-24(27(35)36)16-19-9-11-21(38-3)12-10-19)30-22(26(33)34)13-14-29-28(37)39-17-20-7-5-4-6-8-20/h4-12,18,22-24,30H,13-17H2,1-3H3,(H,29,37)(H,31,32)(H,33,34)(H,35,36)/t22?,23-,24-/m0/s1. The second-order valence-corrected chi connectivity index (χ2v) is 9.47. The number of carbonyl (C=O) groups excluding carboxylic acids is 2. The molecule has 0 aliphatic heterocycles. The van der Waals surface area contributed by atoms with Crippen LogP contribution < -0.4 is 20.7 Å². The molecule has 0 spiro atoms. The minimum Gasteiger partial charge on any atom is -0.497 e. The van der Waals surface area contributed by atoms with Crippen LogP contribution >= 0.6 is 0 Å². The van der Waals surface area contributed by atoms with Crippen LogP contribution in [-0.2, 0) is 32.1 Å². The van der Waals surface area contributed by atoms with Crippen molar-refractivity contribution < 1.29 is 38.9 Å². The molecule has 0 fully saturated rings. The fourth-order valence-corrected chi connectivity index (χ4v) is 3.81. The molecule has 3 atom stereocenters. The molecule has 11 nitrogen and oxygen atoms in total. The topological polar surface area (TPSA) is 163 Å². The number of methoxy groups -OCH3 is 1. The van der Waals surface area contributed by atoms with Gasteiger partial charge in [-0.05, 0) is 42.0 Å². The van der Waals surface area contributed by atoms with E-state index in [9.17, 15) is 29.4 Å². The van der Waals surface area contributed by atoms with Gasteiger partial charge in [0.15, 0.2) is 0 Å². The molecule has 0 saturated carbocycles. The largest absolute Gasteiger partial charge is 0.497 e. The lowest BCUT2D eigenvalue weighted by Gasteiger charge is -2.26. The first-order valence-corrected chi connectivity index (χ1v) is 12.7. The fraction of sp³-hybridized carbons (Fsp3) is 0.429. The Bertz CT molecular complexity index is 1080. The number of carbonyl (C=O) groups is 4. The van der Waals surface area contributed by atoms with E-state index in [-0.39, 0.29) is 38.3 Å². The van der Waals surface area contributed by atoms with Crippen LogP contribution in [-0.4, -0.2) is 65.9 Å². The molecule has 1 unspecified atom stereocenters. The van der Waals surface area contributed by atoms with Crippen molar-refractivity contribution in [3.63, 3.8) is 0 Å². The van der Waals surface area contributed by atoms with Crippen molar-refractivity contribution in [3.8, 4) is 5.75 Å². The summed E-state index contributed by atoms with van der Waals surface area (Å²) in [7, 11) is 1.52. The summed E-state index contributed by atoms with van der Waals surface area (Å²) in [6.45, 7) is 3.80. The van der Waals surface area contributed by atoms with Crippen molar-refractivity contribution in [2.24, 2.45) is 5.92 Å². The summed E-state index contributed by atoms with van der Waals surface area (Å²) in [4.78, 5) is 48.9. The van der Waals surface area contributed by atoms with Gasteiger partial charge in [-0.15, -0.1) is 0 Å². The first-order valence-electron chi connectivity index (χ1n) is 12.7. The molecule has 0 aliphatic carbocycles. The van der Waals surface area contributed by atoms with Gasteiger partial charge in [-0.1, -0.05) is 56.3 Å². The van der Waals surface area contributed by atoms with Crippen molar-refractivity contribution in [2.45, 2.75) is 57.8 Å². The first kappa shape index (κ1) is 31.1. The maximum absolute atomic E-state index is 13.1. The molecule has 39 heavy (non-hydrogen) atoms. The average Bonchev–Trinajstić information content (AvgIpc) is 2.90. The molecule has 2 aromatic carbocycles. The Kier molecular flexibility index (Phi) is 12.7. The monoisotopic (exact) mass is 543 g/mol. The number of aliphatic carboxylic acids is 2. The lowest BCUT2D eigenvalue weighted by atomic mass is 10.00. The van der Waals surface area contributed by atoms with Crippen LogP contribution in [0, 0.1) is 5.92 Å². The van der Waals surface area contributed by atoms with Crippen molar-refractivity contribution in [1.82, 2.24) is 16.0 Å². The van der Waals surface area contributed by atoms with E-state index in [2.05, 4.69) is 16.0 Å². The number of carboxylic acid groups (broad SMARTS) is 2. The van der Waals surface area contributed by atoms with E-state index in [0.29, 0.717) is 11.3 Å². The molecule has 2 aromatic rings. The fourth-order valence-electron chi connectivity index (χ4n) is 3.81. The van der Waals surface area contributed by atoms with Gasteiger partial charge in [-0.25, -0.2) is 9.59 Å². The second-order valence-electron chi connectivity index (χ2n) is 9.47. The number of nitrogens with one attached hydrogen (secondary N) is 3. The second kappa shape index (κ2) is 16.0. The van der Waals surface area contributed by atoms with Crippen molar-refractivity contribution in [2.75, 3.05) is 13.7 Å². The number of hydrogen-bond donors (Lipinski definition) is 5. The van der Waals surface area contributed by atoms with Crippen LogP contribution in [0.3, 0.4) is 0 Å². The Hall–Kier alpha value is -4.12. The summed E-state index contributed by atoms with van der Waals surface area (Å²) in [5.74, 6) is -2.40. The van der Waals surface area contributed by atoms with Gasteiger partial charge in [-0.2, -0.15) is 0 Å². The molecular formula is C28H37N3O8. The highest BCUT2D eigenvalue weighted by molar-refractivity contribution is 5.87. The Balaban J connectivity index is 1.96. The van der Waals surface area contributed by atoms with Crippen LogP contribution in [0.1, 0.15) is 37.8 Å². The van der Waals surface area contributed by atoms with Crippen LogP contribution in [0.2, 0.25) is 0 Å². The zero-order chi connectivity index (χ0) is 28.8. The van der Waals surface area contributed by atoms with Gasteiger partial charge in [0.1, 0.15) is 24.4 Å². The van der Waals surface area contributed by atoms with E-state index in [1.54, 1.807) is 24.3 Å². The zero-order valence-corrected chi connectivity index (χ0v) is 22.4. The quantitative estimate of drug-likeness (QED) is 0.214. The van der Waals surface area contributed by atoms with Gasteiger partial charge in [0.05, 0.1) is 13.2 Å². The van der Waals surface area contributed by atoms with E-state index >= 15 is 0 Å². The maximum atomic E-state index is 13.1. The molecule has 0 aliphatic rings. The van der Waals surface area contributed by atoms with Gasteiger partial charge in [0, 0.05) is 13.0 Å². The first-order chi connectivity index (χ1) is 18.6. The molecule has 2 amide bonds. The smallest absolute Gasteiger partial charge is 0.407 e. The summed E-state index contributed by atoms with van der Waals surface area (Å²) in [6, 6.07) is 12.6. The van der Waals surface area contributed by atoms with Gasteiger partial charge >= 0.3 is 18.0 Å². The maximum Gasteiger partial charge on any atom is 0.407 e. The molecule has 2 rings (SSSR count). The molecule has 0 heterocycles. The van der Waals surface area contributed by atoms with E-state index in [1.807, 2.05) is 44.2 Å². The van der Waals surface area contributed by atoms with Crippen LogP contribution in [0.5, 0.6) is 5.75 Å². The molecule has 212 valence electrons. The summed E-state index contributed by atoms with van der Waals surface area (Å²) in [5, 5.41) is 27.3. The third-order valence-electron chi connectivity index (χ3n) is 5.85. The number of alkyl carbamates (subject to hydrolysis) is 1. The predicted octanol–water partition coefficient (Wildman–Crippen LogP) is 2.58. The normalized spacial score (nSPS) is 13.1. The minimum absolute atomic E-state index is 0.0111. The van der Waals surface area contributed by atoms with E-state index in [0.717, 1.165) is 5.56 Å². The van der Waals surface area contributed by atoms with E-state index in [4.69, 9.17) is 9.47 Å². The Morgan fingerprint density at radius 2 is 1.49 bits per heavy atom. The van der Waals surface area contributed by atoms with E-state index in [1.165, 1.54) is 7.11 Å². The Labute approximate surface area is 227 Å². The van der Waals surface area contributed by atoms with Crippen molar-refractivity contribution in [3.05, 3.63) is 65.7 Å². The van der Waals surface area contributed by atoms with Gasteiger partial charge < -0.3 is 30.3 Å². The highest BCUT2D eigenvalue weighted by Crippen LogP contribution is 2.14.